The van der Waals surface area contributed by atoms with Crippen LogP contribution in [0.3, 0.4) is 0 Å². The van der Waals surface area contributed by atoms with Crippen LogP contribution in [0, 0.1) is 18.8 Å². The molecule has 0 spiro atoms. The number of piperidine rings is 1. The molecule has 0 saturated carbocycles. The first kappa shape index (κ1) is 17.2. The number of aryl methyl sites for hydroxylation is 1. The number of hydrogen-bond donors (Lipinski definition) is 0. The number of pyridine rings is 1. The summed E-state index contributed by atoms with van der Waals surface area (Å²) < 4.78 is 0. The highest BCUT2D eigenvalue weighted by molar-refractivity contribution is 7.11. The minimum atomic E-state index is 0.918. The van der Waals surface area contributed by atoms with Crippen molar-refractivity contribution in [1.82, 2.24) is 14.8 Å². The van der Waals surface area contributed by atoms with E-state index in [0.29, 0.717) is 0 Å². The molecule has 134 valence electrons. The first-order valence-electron chi connectivity index (χ1n) is 9.65. The second-order valence-corrected chi connectivity index (χ2v) is 9.14. The van der Waals surface area contributed by atoms with Crippen molar-refractivity contribution >= 4 is 11.3 Å². The summed E-state index contributed by atoms with van der Waals surface area (Å²) in [5.74, 6) is 1.85. The molecule has 2 aliphatic rings. The van der Waals surface area contributed by atoms with Gasteiger partial charge in [-0.25, -0.2) is 0 Å². The molecule has 0 amide bonds. The van der Waals surface area contributed by atoms with Crippen LogP contribution in [-0.4, -0.2) is 41.0 Å². The minimum absolute atomic E-state index is 0.918. The zero-order valence-electron chi connectivity index (χ0n) is 15.2. The first-order valence-corrected chi connectivity index (χ1v) is 10.5. The summed E-state index contributed by atoms with van der Waals surface area (Å²) in [6.07, 6.45) is 8.01. The van der Waals surface area contributed by atoms with Gasteiger partial charge in [0.15, 0.2) is 0 Å². The van der Waals surface area contributed by atoms with E-state index in [0.717, 1.165) is 24.9 Å². The van der Waals surface area contributed by atoms with Gasteiger partial charge in [0, 0.05) is 41.8 Å². The molecule has 4 rings (SSSR count). The van der Waals surface area contributed by atoms with Crippen molar-refractivity contribution in [3.8, 4) is 0 Å². The van der Waals surface area contributed by atoms with E-state index in [4.69, 9.17) is 0 Å². The lowest BCUT2D eigenvalue weighted by molar-refractivity contribution is 0.141. The summed E-state index contributed by atoms with van der Waals surface area (Å²) in [6, 6.07) is 8.81. The minimum Gasteiger partial charge on any atom is -0.299 e. The van der Waals surface area contributed by atoms with Crippen molar-refractivity contribution in [3.63, 3.8) is 0 Å². The summed E-state index contributed by atoms with van der Waals surface area (Å²) in [6.45, 7) is 9.53. The highest BCUT2D eigenvalue weighted by atomic mass is 32.1. The normalized spacial score (nSPS) is 23.3. The quantitative estimate of drug-likeness (QED) is 0.802. The molecule has 0 N–H and O–H groups in total. The summed E-state index contributed by atoms with van der Waals surface area (Å²) in [4.78, 5) is 12.5. The largest absolute Gasteiger partial charge is 0.299 e. The van der Waals surface area contributed by atoms with Crippen molar-refractivity contribution in [2.45, 2.75) is 39.3 Å². The summed E-state index contributed by atoms with van der Waals surface area (Å²) >= 11 is 1.96. The topological polar surface area (TPSA) is 19.4 Å². The molecular weight excluding hydrogens is 326 g/mol. The first-order chi connectivity index (χ1) is 12.3. The van der Waals surface area contributed by atoms with Gasteiger partial charge < -0.3 is 0 Å². The predicted molar refractivity (Wildman–Crippen MR) is 105 cm³/mol. The third-order valence-corrected chi connectivity index (χ3v) is 6.90. The predicted octanol–water partition coefficient (Wildman–Crippen LogP) is 4.19. The van der Waals surface area contributed by atoms with Crippen LogP contribution in [0.5, 0.6) is 0 Å². The maximum atomic E-state index is 4.24. The SMILES string of the molecule is Cc1ccc(CN2CCC(C3CCN(Cc4cccnc4)CC3)C2)s1. The van der Waals surface area contributed by atoms with Gasteiger partial charge in [0.1, 0.15) is 0 Å². The Kier molecular flexibility index (Phi) is 5.49. The molecule has 2 aromatic heterocycles. The fraction of sp³-hybridized carbons (Fsp3) is 0.571. The van der Waals surface area contributed by atoms with Gasteiger partial charge in [-0.2, -0.15) is 0 Å². The third-order valence-electron chi connectivity index (χ3n) is 5.91. The lowest BCUT2D eigenvalue weighted by atomic mass is 9.83. The molecule has 3 nitrogen and oxygen atoms in total. The molecule has 0 radical (unpaired) electrons. The molecule has 1 unspecified atom stereocenters. The molecule has 1 atom stereocenters. The molecular formula is C21H29N3S. The van der Waals surface area contributed by atoms with Gasteiger partial charge in [0.05, 0.1) is 0 Å². The Morgan fingerprint density at radius 3 is 2.52 bits per heavy atom. The zero-order chi connectivity index (χ0) is 17.1. The van der Waals surface area contributed by atoms with Crippen LogP contribution in [0.1, 0.15) is 34.6 Å². The van der Waals surface area contributed by atoms with Crippen LogP contribution < -0.4 is 0 Å². The molecule has 4 heterocycles. The lowest BCUT2D eigenvalue weighted by Gasteiger charge is -2.34. The summed E-state index contributed by atoms with van der Waals surface area (Å²) in [7, 11) is 0. The number of likely N-dealkylation sites (tertiary alicyclic amines) is 2. The number of rotatable bonds is 5. The van der Waals surface area contributed by atoms with Crippen molar-refractivity contribution < 1.29 is 0 Å². The Morgan fingerprint density at radius 2 is 1.80 bits per heavy atom. The van der Waals surface area contributed by atoms with Crippen molar-refractivity contribution in [2.24, 2.45) is 11.8 Å². The van der Waals surface area contributed by atoms with Crippen LogP contribution >= 0.6 is 11.3 Å². The number of nitrogens with zero attached hydrogens (tertiary/aromatic N) is 3. The van der Waals surface area contributed by atoms with E-state index in [1.165, 1.54) is 60.8 Å². The molecule has 0 bridgehead atoms. The molecule has 2 aliphatic heterocycles. The van der Waals surface area contributed by atoms with Gasteiger partial charge in [-0.3, -0.25) is 14.8 Å². The average Bonchev–Trinajstić information content (AvgIpc) is 3.26. The van der Waals surface area contributed by atoms with Gasteiger partial charge in [-0.15, -0.1) is 11.3 Å². The molecule has 0 aliphatic carbocycles. The Bertz CT molecular complexity index is 661. The van der Waals surface area contributed by atoms with E-state index >= 15 is 0 Å². The van der Waals surface area contributed by atoms with E-state index < -0.39 is 0 Å². The third kappa shape index (κ3) is 4.49. The number of hydrogen-bond acceptors (Lipinski definition) is 4. The van der Waals surface area contributed by atoms with Gasteiger partial charge in [-0.1, -0.05) is 6.07 Å². The van der Waals surface area contributed by atoms with Gasteiger partial charge in [0.25, 0.3) is 0 Å². The monoisotopic (exact) mass is 355 g/mol. The summed E-state index contributed by atoms with van der Waals surface area (Å²) in [5, 5.41) is 0. The van der Waals surface area contributed by atoms with Crippen LogP contribution in [-0.2, 0) is 13.1 Å². The Labute approximate surface area is 155 Å². The molecule has 2 saturated heterocycles. The highest BCUT2D eigenvalue weighted by Gasteiger charge is 2.31. The number of aromatic nitrogens is 1. The second-order valence-electron chi connectivity index (χ2n) is 7.77. The molecule has 2 aromatic rings. The molecule has 0 aromatic carbocycles. The van der Waals surface area contributed by atoms with Crippen molar-refractivity contribution in [2.75, 3.05) is 26.2 Å². The Morgan fingerprint density at radius 1 is 1.00 bits per heavy atom. The molecule has 25 heavy (non-hydrogen) atoms. The van der Waals surface area contributed by atoms with Crippen molar-refractivity contribution in [1.29, 1.82) is 0 Å². The molecule has 4 heteroatoms. The zero-order valence-corrected chi connectivity index (χ0v) is 16.0. The lowest BCUT2D eigenvalue weighted by Crippen LogP contribution is -2.36. The smallest absolute Gasteiger partial charge is 0.0328 e. The van der Waals surface area contributed by atoms with E-state index in [9.17, 15) is 0 Å². The Hall–Kier alpha value is -1.23. The van der Waals surface area contributed by atoms with E-state index in [1.807, 2.05) is 29.8 Å². The molecule has 2 fully saturated rings. The maximum absolute atomic E-state index is 4.24. The fourth-order valence-corrected chi connectivity index (χ4v) is 5.45. The van der Waals surface area contributed by atoms with E-state index in [2.05, 4.69) is 39.9 Å². The second kappa shape index (κ2) is 7.98. The number of thiophene rings is 1. The van der Waals surface area contributed by atoms with Crippen molar-refractivity contribution in [3.05, 3.63) is 52.0 Å². The van der Waals surface area contributed by atoms with Crippen LogP contribution in [0.25, 0.3) is 0 Å². The fourth-order valence-electron chi connectivity index (χ4n) is 4.51. The standard InChI is InChI=1S/C21H29N3S/c1-17-4-5-21(25-17)16-24-12-8-20(15-24)19-6-10-23(11-7-19)14-18-3-2-9-22-13-18/h2-5,9,13,19-20H,6-8,10-12,14-16H2,1H3. The van der Waals surface area contributed by atoms with Gasteiger partial charge >= 0.3 is 0 Å². The summed E-state index contributed by atoms with van der Waals surface area (Å²) in [5.41, 5.74) is 1.35. The van der Waals surface area contributed by atoms with Gasteiger partial charge in [0.2, 0.25) is 0 Å². The highest BCUT2D eigenvalue weighted by Crippen LogP contribution is 2.33. The Balaban J connectivity index is 1.23. The van der Waals surface area contributed by atoms with E-state index in [1.54, 1.807) is 0 Å². The van der Waals surface area contributed by atoms with Crippen LogP contribution in [0.15, 0.2) is 36.7 Å². The van der Waals surface area contributed by atoms with Crippen LogP contribution in [0.2, 0.25) is 0 Å². The average molecular weight is 356 g/mol. The van der Waals surface area contributed by atoms with E-state index in [-0.39, 0.29) is 0 Å². The van der Waals surface area contributed by atoms with Gasteiger partial charge in [-0.05, 0) is 81.4 Å². The maximum Gasteiger partial charge on any atom is 0.0328 e. The van der Waals surface area contributed by atoms with Crippen LogP contribution in [0.4, 0.5) is 0 Å².